The molecule has 0 atom stereocenters. The van der Waals surface area contributed by atoms with Crippen molar-refractivity contribution in [3.8, 4) is 11.5 Å². The van der Waals surface area contributed by atoms with Crippen molar-refractivity contribution in [2.24, 2.45) is 0 Å². The number of rotatable bonds is 1. The van der Waals surface area contributed by atoms with Gasteiger partial charge in [-0.05, 0) is 49.1 Å². The summed E-state index contributed by atoms with van der Waals surface area (Å²) in [6.45, 7) is 3.11. The summed E-state index contributed by atoms with van der Waals surface area (Å²) >= 11 is 0. The van der Waals surface area contributed by atoms with Crippen LogP contribution in [-0.4, -0.2) is 11.5 Å². The molecular weight excluding hydrogens is 248 g/mol. The number of benzene rings is 2. The summed E-state index contributed by atoms with van der Waals surface area (Å²) in [5, 5.41) is 3.45. The Labute approximate surface area is 117 Å². The van der Waals surface area contributed by atoms with Gasteiger partial charge in [-0.2, -0.15) is 0 Å². The number of hydrogen-bond acceptors (Lipinski definition) is 3. The maximum atomic E-state index is 5.96. The molecule has 0 spiro atoms. The van der Waals surface area contributed by atoms with E-state index in [1.54, 1.807) is 0 Å². The van der Waals surface area contributed by atoms with E-state index < -0.39 is 0 Å². The molecule has 0 bridgehead atoms. The van der Waals surface area contributed by atoms with Crippen LogP contribution in [0.4, 0.5) is 5.69 Å². The minimum absolute atomic E-state index is 0.731. The van der Waals surface area contributed by atoms with Crippen LogP contribution >= 0.6 is 0 Å². The number of hydrogen-bond donors (Lipinski definition) is 1. The van der Waals surface area contributed by atoms with Crippen molar-refractivity contribution in [3.05, 3.63) is 47.5 Å². The molecule has 1 aliphatic rings. The molecule has 3 heteroatoms. The topological polar surface area (TPSA) is 38.1 Å². The number of anilines is 1. The van der Waals surface area contributed by atoms with Gasteiger partial charge in [-0.1, -0.05) is 18.2 Å². The van der Waals surface area contributed by atoms with E-state index in [1.807, 2.05) is 12.1 Å². The lowest BCUT2D eigenvalue weighted by molar-refractivity contribution is 0.618. The molecule has 0 fully saturated rings. The SMILES string of the molecule is Cc1cccc2oc(-c3cccc4c3CCCN4)nc12. The molecule has 0 saturated heterocycles. The molecule has 1 aromatic heterocycles. The van der Waals surface area contributed by atoms with E-state index in [4.69, 9.17) is 9.40 Å². The van der Waals surface area contributed by atoms with Crippen LogP contribution in [0, 0.1) is 6.92 Å². The van der Waals surface area contributed by atoms with Gasteiger partial charge in [0.05, 0.1) is 0 Å². The van der Waals surface area contributed by atoms with Crippen LogP contribution in [0.1, 0.15) is 17.5 Å². The average molecular weight is 264 g/mol. The summed E-state index contributed by atoms with van der Waals surface area (Å²) in [6.07, 6.45) is 2.24. The summed E-state index contributed by atoms with van der Waals surface area (Å²) in [5.74, 6) is 0.731. The van der Waals surface area contributed by atoms with Crippen LogP contribution < -0.4 is 5.32 Å². The Bertz CT molecular complexity index is 789. The lowest BCUT2D eigenvalue weighted by Gasteiger charge is -2.19. The lowest BCUT2D eigenvalue weighted by Crippen LogP contribution is -2.12. The van der Waals surface area contributed by atoms with Crippen LogP contribution in [0.25, 0.3) is 22.6 Å². The molecule has 0 saturated carbocycles. The van der Waals surface area contributed by atoms with Gasteiger partial charge in [0.25, 0.3) is 0 Å². The quantitative estimate of drug-likeness (QED) is 0.717. The summed E-state index contributed by atoms with van der Waals surface area (Å²) < 4.78 is 5.96. The third kappa shape index (κ3) is 1.70. The highest BCUT2D eigenvalue weighted by Gasteiger charge is 2.17. The Morgan fingerprint density at radius 3 is 2.95 bits per heavy atom. The molecule has 0 radical (unpaired) electrons. The van der Waals surface area contributed by atoms with Crippen LogP contribution in [0.15, 0.2) is 40.8 Å². The van der Waals surface area contributed by atoms with Gasteiger partial charge in [-0.25, -0.2) is 4.98 Å². The largest absolute Gasteiger partial charge is 0.436 e. The van der Waals surface area contributed by atoms with Gasteiger partial charge in [0, 0.05) is 17.8 Å². The van der Waals surface area contributed by atoms with Crippen molar-refractivity contribution in [3.63, 3.8) is 0 Å². The first kappa shape index (κ1) is 11.5. The lowest BCUT2D eigenvalue weighted by atomic mass is 9.97. The Balaban J connectivity index is 1.93. The molecule has 100 valence electrons. The van der Waals surface area contributed by atoms with Crippen LogP contribution in [0.5, 0.6) is 0 Å². The highest BCUT2D eigenvalue weighted by atomic mass is 16.3. The summed E-state index contributed by atoms with van der Waals surface area (Å²) in [5.41, 5.74) is 6.63. The Kier molecular flexibility index (Phi) is 2.52. The fourth-order valence-corrected chi connectivity index (χ4v) is 2.91. The zero-order chi connectivity index (χ0) is 13.5. The third-order valence-electron chi connectivity index (χ3n) is 3.95. The van der Waals surface area contributed by atoms with E-state index in [1.165, 1.54) is 11.3 Å². The van der Waals surface area contributed by atoms with Gasteiger partial charge >= 0.3 is 0 Å². The predicted octanol–water partition coefficient (Wildman–Crippen LogP) is 4.16. The van der Waals surface area contributed by atoms with Gasteiger partial charge in [0.15, 0.2) is 5.58 Å². The second-order valence-electron chi connectivity index (χ2n) is 5.30. The number of aromatic nitrogens is 1. The van der Waals surface area contributed by atoms with Gasteiger partial charge < -0.3 is 9.73 Å². The standard InChI is InChI=1S/C17H16N2O/c1-11-5-2-9-15-16(11)19-17(20-15)13-6-3-8-14-12(13)7-4-10-18-14/h2-3,5-6,8-9,18H,4,7,10H2,1H3. The molecule has 1 aliphatic heterocycles. The molecule has 20 heavy (non-hydrogen) atoms. The first-order valence-corrected chi connectivity index (χ1v) is 7.05. The highest BCUT2D eigenvalue weighted by molar-refractivity contribution is 5.81. The number of aryl methyl sites for hydroxylation is 1. The Morgan fingerprint density at radius 1 is 1.15 bits per heavy atom. The van der Waals surface area contributed by atoms with E-state index in [0.717, 1.165) is 47.5 Å². The monoisotopic (exact) mass is 264 g/mol. The van der Waals surface area contributed by atoms with Gasteiger partial charge in [0.2, 0.25) is 5.89 Å². The highest BCUT2D eigenvalue weighted by Crippen LogP contribution is 2.34. The van der Waals surface area contributed by atoms with Crippen LogP contribution in [0.3, 0.4) is 0 Å². The van der Waals surface area contributed by atoms with Crippen LogP contribution in [-0.2, 0) is 6.42 Å². The zero-order valence-corrected chi connectivity index (χ0v) is 11.4. The first-order chi connectivity index (χ1) is 9.83. The molecule has 4 rings (SSSR count). The molecule has 3 aromatic rings. The molecular formula is C17H16N2O. The number of nitrogens with zero attached hydrogens (tertiary/aromatic N) is 1. The fourth-order valence-electron chi connectivity index (χ4n) is 2.91. The minimum Gasteiger partial charge on any atom is -0.436 e. The maximum absolute atomic E-state index is 5.96. The number of oxazole rings is 1. The Morgan fingerprint density at radius 2 is 2.05 bits per heavy atom. The molecule has 2 aromatic carbocycles. The first-order valence-electron chi connectivity index (χ1n) is 7.05. The normalized spacial score (nSPS) is 14.1. The van der Waals surface area contributed by atoms with Crippen molar-refractivity contribution in [1.82, 2.24) is 4.98 Å². The Hall–Kier alpha value is -2.29. The van der Waals surface area contributed by atoms with Gasteiger partial charge in [-0.15, -0.1) is 0 Å². The van der Waals surface area contributed by atoms with Gasteiger partial charge in [-0.3, -0.25) is 0 Å². The number of fused-ring (bicyclic) bond motifs is 2. The summed E-state index contributed by atoms with van der Waals surface area (Å²) in [7, 11) is 0. The second kappa shape index (κ2) is 4.37. The fraction of sp³-hybridized carbons (Fsp3) is 0.235. The van der Waals surface area contributed by atoms with E-state index in [9.17, 15) is 0 Å². The number of para-hydroxylation sites is 1. The smallest absolute Gasteiger partial charge is 0.227 e. The van der Waals surface area contributed by atoms with Crippen molar-refractivity contribution in [2.45, 2.75) is 19.8 Å². The molecule has 1 N–H and O–H groups in total. The van der Waals surface area contributed by atoms with E-state index in [-0.39, 0.29) is 0 Å². The van der Waals surface area contributed by atoms with Gasteiger partial charge in [0.1, 0.15) is 5.52 Å². The zero-order valence-electron chi connectivity index (χ0n) is 11.4. The maximum Gasteiger partial charge on any atom is 0.227 e. The average Bonchev–Trinajstić information content (AvgIpc) is 2.92. The molecule has 0 aliphatic carbocycles. The van der Waals surface area contributed by atoms with E-state index >= 15 is 0 Å². The number of nitrogens with one attached hydrogen (secondary N) is 1. The minimum atomic E-state index is 0.731. The van der Waals surface area contributed by atoms with E-state index in [2.05, 4.69) is 36.5 Å². The molecule has 0 amide bonds. The third-order valence-corrected chi connectivity index (χ3v) is 3.95. The van der Waals surface area contributed by atoms with Crippen molar-refractivity contribution < 1.29 is 4.42 Å². The molecule has 2 heterocycles. The van der Waals surface area contributed by atoms with Crippen molar-refractivity contribution >= 4 is 16.8 Å². The van der Waals surface area contributed by atoms with Crippen molar-refractivity contribution in [2.75, 3.05) is 11.9 Å². The summed E-state index contributed by atoms with van der Waals surface area (Å²) in [6, 6.07) is 12.4. The summed E-state index contributed by atoms with van der Waals surface area (Å²) in [4.78, 5) is 4.70. The predicted molar refractivity (Wildman–Crippen MR) is 81.0 cm³/mol. The van der Waals surface area contributed by atoms with E-state index in [0.29, 0.717) is 0 Å². The molecule has 3 nitrogen and oxygen atoms in total. The second-order valence-corrected chi connectivity index (χ2v) is 5.30. The van der Waals surface area contributed by atoms with Crippen molar-refractivity contribution in [1.29, 1.82) is 0 Å². The van der Waals surface area contributed by atoms with Crippen LogP contribution in [0.2, 0.25) is 0 Å². The molecule has 0 unspecified atom stereocenters.